The average Bonchev–Trinajstić information content (AvgIpc) is 3.37. The number of allylic oxidation sites excluding steroid dienone is 3. The van der Waals surface area contributed by atoms with Crippen LogP contribution in [0, 0.1) is 0 Å². The number of rotatable bonds is 60. The first-order chi connectivity index (χ1) is 36.4. The van der Waals surface area contributed by atoms with Gasteiger partial charge in [0.2, 0.25) is 5.91 Å². The van der Waals surface area contributed by atoms with Crippen molar-refractivity contribution in [1.29, 1.82) is 0 Å². The summed E-state index contributed by atoms with van der Waals surface area (Å²) >= 11 is 0. The smallest absolute Gasteiger partial charge is 0.306 e. The molecule has 0 spiro atoms. The van der Waals surface area contributed by atoms with Crippen molar-refractivity contribution in [2.24, 2.45) is 0 Å². The van der Waals surface area contributed by atoms with Gasteiger partial charge in [-0.3, -0.25) is 14.2 Å². The number of likely N-dealkylation sites (N-methyl/N-ethyl adjacent to an activating group) is 1. The van der Waals surface area contributed by atoms with Crippen molar-refractivity contribution < 1.29 is 37.3 Å². The quantitative estimate of drug-likeness (QED) is 0.0212. The van der Waals surface area contributed by atoms with E-state index in [-0.39, 0.29) is 31.5 Å². The van der Waals surface area contributed by atoms with Crippen molar-refractivity contribution in [2.45, 2.75) is 341 Å². The lowest BCUT2D eigenvalue weighted by Gasteiger charge is -2.30. The van der Waals surface area contributed by atoms with Gasteiger partial charge in [0.05, 0.1) is 33.8 Å². The maximum absolute atomic E-state index is 13.5. The van der Waals surface area contributed by atoms with E-state index in [0.29, 0.717) is 17.4 Å². The van der Waals surface area contributed by atoms with E-state index in [9.17, 15) is 19.0 Å². The Morgan fingerprint density at radius 2 is 0.773 bits per heavy atom. The summed E-state index contributed by atoms with van der Waals surface area (Å²) < 4.78 is 30.4. The van der Waals surface area contributed by atoms with Crippen LogP contribution in [0.4, 0.5) is 0 Å². The molecule has 0 fully saturated rings. The summed E-state index contributed by atoms with van der Waals surface area (Å²) in [6.45, 7) is 6.88. The molecule has 0 aromatic rings. The average molecular weight is 1080 g/mol. The zero-order chi connectivity index (χ0) is 55.0. The fraction of sp³-hybridized carbons (Fsp3) is 0.908. The molecule has 0 aliphatic rings. The molecule has 0 aromatic carbocycles. The molecule has 0 rings (SSSR count). The molecule has 1 N–H and O–H groups in total. The molecule has 0 aliphatic carbocycles. The topological polar surface area (TPSA) is 114 Å². The van der Waals surface area contributed by atoms with E-state index < -0.39 is 20.0 Å². The van der Waals surface area contributed by atoms with Crippen LogP contribution < -0.4 is 10.2 Å². The predicted molar refractivity (Wildman–Crippen MR) is 321 cm³/mol. The van der Waals surface area contributed by atoms with Crippen LogP contribution in [0.15, 0.2) is 24.3 Å². The lowest BCUT2D eigenvalue weighted by atomic mass is 10.0. The minimum Gasteiger partial charge on any atom is -0.756 e. The SMILES string of the molecule is CCCCCCCC/C=C/CCCCCCCCCCCC(=O)NC(COP(=O)([O-])OCC[N+](C)(C)C)C(/C=C/CCCCCCCCCCC)OC(=O)CCCCCCCCCCCCCCCCCCCCC. The molecule has 75 heavy (non-hydrogen) atoms. The fourth-order valence-electron chi connectivity index (χ4n) is 9.81. The van der Waals surface area contributed by atoms with Gasteiger partial charge in [0, 0.05) is 12.8 Å². The van der Waals surface area contributed by atoms with E-state index >= 15 is 0 Å². The Bertz CT molecular complexity index is 1340. The number of ether oxygens (including phenoxy) is 1. The van der Waals surface area contributed by atoms with Crippen LogP contribution in [-0.4, -0.2) is 69.4 Å². The molecule has 10 heteroatoms. The zero-order valence-corrected chi connectivity index (χ0v) is 51.7. The number of unbranched alkanes of at least 4 members (excludes halogenated alkanes) is 42. The Morgan fingerprint density at radius 1 is 0.453 bits per heavy atom. The summed E-state index contributed by atoms with van der Waals surface area (Å²) in [6.07, 6.45) is 65.7. The monoisotopic (exact) mass is 1080 g/mol. The van der Waals surface area contributed by atoms with Gasteiger partial charge < -0.3 is 28.5 Å². The maximum atomic E-state index is 13.5. The third-order valence-corrected chi connectivity index (χ3v) is 15.8. The second-order valence-corrected chi connectivity index (χ2v) is 25.0. The van der Waals surface area contributed by atoms with Gasteiger partial charge >= 0.3 is 5.97 Å². The van der Waals surface area contributed by atoms with E-state index in [1.807, 2.05) is 33.3 Å². The minimum absolute atomic E-state index is 0.0190. The van der Waals surface area contributed by atoms with Crippen LogP contribution in [0.25, 0.3) is 0 Å². The highest BCUT2D eigenvalue weighted by molar-refractivity contribution is 7.45. The highest BCUT2D eigenvalue weighted by atomic mass is 31.2. The summed E-state index contributed by atoms with van der Waals surface area (Å²) in [5, 5.41) is 3.04. The lowest BCUT2D eigenvalue weighted by molar-refractivity contribution is -0.870. The van der Waals surface area contributed by atoms with Crippen LogP contribution >= 0.6 is 7.82 Å². The number of phosphoric ester groups is 1. The summed E-state index contributed by atoms with van der Waals surface area (Å²) in [5.74, 6) is -0.525. The molecular weight excluding hydrogens is 952 g/mol. The van der Waals surface area contributed by atoms with Crippen molar-refractivity contribution in [3.8, 4) is 0 Å². The van der Waals surface area contributed by atoms with Gasteiger partial charge in [-0.1, -0.05) is 283 Å². The molecule has 9 nitrogen and oxygen atoms in total. The van der Waals surface area contributed by atoms with E-state index in [1.54, 1.807) is 0 Å². The first kappa shape index (κ1) is 73.5. The Hall–Kier alpha value is -1.51. The summed E-state index contributed by atoms with van der Waals surface area (Å²) in [5.41, 5.74) is 0. The van der Waals surface area contributed by atoms with Gasteiger partial charge in [-0.2, -0.15) is 0 Å². The first-order valence-corrected chi connectivity index (χ1v) is 34.1. The number of hydrogen-bond donors (Lipinski definition) is 1. The molecule has 0 bridgehead atoms. The number of carbonyl (C=O) groups is 2. The molecule has 1 amide bonds. The van der Waals surface area contributed by atoms with Gasteiger partial charge in [-0.05, 0) is 57.4 Å². The second kappa shape index (κ2) is 55.8. The van der Waals surface area contributed by atoms with Gasteiger partial charge in [-0.25, -0.2) is 0 Å². The highest BCUT2D eigenvalue weighted by Gasteiger charge is 2.27. The number of esters is 1. The normalized spacial score (nSPS) is 13.7. The Balaban J connectivity index is 5.13. The van der Waals surface area contributed by atoms with E-state index in [0.717, 1.165) is 57.8 Å². The molecule has 0 aliphatic heterocycles. The van der Waals surface area contributed by atoms with E-state index in [2.05, 4.69) is 38.2 Å². The van der Waals surface area contributed by atoms with Crippen LogP contribution in [0.5, 0.6) is 0 Å². The van der Waals surface area contributed by atoms with Crippen molar-refractivity contribution in [3.05, 3.63) is 24.3 Å². The van der Waals surface area contributed by atoms with Crippen molar-refractivity contribution >= 4 is 19.7 Å². The predicted octanol–water partition coefficient (Wildman–Crippen LogP) is 19.5. The maximum Gasteiger partial charge on any atom is 0.306 e. The number of hydrogen-bond acceptors (Lipinski definition) is 7. The molecule has 0 saturated heterocycles. The largest absolute Gasteiger partial charge is 0.756 e. The molecule has 0 radical (unpaired) electrons. The number of nitrogens with one attached hydrogen (secondary N) is 1. The first-order valence-electron chi connectivity index (χ1n) is 32.6. The van der Waals surface area contributed by atoms with Crippen molar-refractivity contribution in [1.82, 2.24) is 5.32 Å². The van der Waals surface area contributed by atoms with Crippen LogP contribution in [0.1, 0.15) is 329 Å². The summed E-state index contributed by atoms with van der Waals surface area (Å²) in [7, 11) is 1.20. The highest BCUT2D eigenvalue weighted by Crippen LogP contribution is 2.38. The van der Waals surface area contributed by atoms with E-state index in [1.165, 1.54) is 238 Å². The third kappa shape index (κ3) is 57.0. The van der Waals surface area contributed by atoms with Gasteiger partial charge in [0.15, 0.2) is 0 Å². The lowest BCUT2D eigenvalue weighted by Crippen LogP contribution is -2.47. The molecule has 0 aromatic heterocycles. The van der Waals surface area contributed by atoms with E-state index in [4.69, 9.17) is 13.8 Å². The molecule has 0 heterocycles. The Morgan fingerprint density at radius 3 is 1.13 bits per heavy atom. The van der Waals surface area contributed by atoms with Gasteiger partial charge in [0.25, 0.3) is 7.82 Å². The van der Waals surface area contributed by atoms with Crippen molar-refractivity contribution in [2.75, 3.05) is 40.9 Å². The standard InChI is InChI=1S/C65H127N2O7P/c1-7-10-13-16-19-22-25-27-29-31-33-35-37-39-42-45-48-51-54-57-64(68)66-62(61-73-75(70,71)72-60-59-67(4,5)6)63(56-53-50-47-44-41-24-21-18-15-12-9-3)74-65(69)58-55-52-49-46-43-40-38-36-34-32-30-28-26-23-20-17-14-11-8-2/h27,29,53,56,62-63H,7-26,28,30-52,54-55,57-61H2,1-6H3,(H-,66,68,70,71)/b29-27+,56-53+. The summed E-state index contributed by atoms with van der Waals surface area (Å²) in [4.78, 5) is 40.0. The zero-order valence-electron chi connectivity index (χ0n) is 50.8. The number of nitrogens with zero attached hydrogens (tertiary/aromatic N) is 1. The number of amides is 1. The number of carbonyl (C=O) groups excluding carboxylic acids is 2. The summed E-state index contributed by atoms with van der Waals surface area (Å²) in [6, 6.07) is -0.883. The molecule has 3 unspecified atom stereocenters. The van der Waals surface area contributed by atoms with Crippen molar-refractivity contribution in [3.63, 3.8) is 0 Å². The fourth-order valence-corrected chi connectivity index (χ4v) is 10.5. The number of phosphoric acid groups is 1. The molecular formula is C65H127N2O7P. The van der Waals surface area contributed by atoms with Crippen LogP contribution in [0.2, 0.25) is 0 Å². The molecule has 444 valence electrons. The Labute approximate surface area is 466 Å². The van der Waals surface area contributed by atoms with Gasteiger partial charge in [-0.15, -0.1) is 0 Å². The second-order valence-electron chi connectivity index (χ2n) is 23.6. The molecule has 0 saturated carbocycles. The third-order valence-electron chi connectivity index (χ3n) is 14.9. The van der Waals surface area contributed by atoms with Crippen LogP contribution in [0.3, 0.4) is 0 Å². The van der Waals surface area contributed by atoms with Gasteiger partial charge in [0.1, 0.15) is 19.3 Å². The molecule has 3 atom stereocenters. The number of quaternary nitrogens is 1. The van der Waals surface area contributed by atoms with Crippen LogP contribution in [-0.2, 0) is 27.9 Å². The minimum atomic E-state index is -4.69. The Kier molecular flexibility index (Phi) is 54.7.